The van der Waals surface area contributed by atoms with Crippen molar-refractivity contribution in [1.29, 1.82) is 0 Å². The molecule has 0 amide bonds. The van der Waals surface area contributed by atoms with Gasteiger partial charge in [0.05, 0.1) is 5.56 Å². The zero-order valence-electron chi connectivity index (χ0n) is 13.2. The van der Waals surface area contributed by atoms with Crippen LogP contribution in [0.2, 0.25) is 5.02 Å². The van der Waals surface area contributed by atoms with Gasteiger partial charge in [-0.2, -0.15) is 13.2 Å². The van der Waals surface area contributed by atoms with Gasteiger partial charge in [-0.1, -0.05) is 23.7 Å². The van der Waals surface area contributed by atoms with Crippen molar-refractivity contribution >= 4 is 11.6 Å². The Balaban J connectivity index is 1.78. The lowest BCUT2D eigenvalue weighted by molar-refractivity contribution is -0.141. The minimum atomic E-state index is -4.59. The SMILES string of the molecule is Oc1cc(OCc2ccc(Cl)cc2)ccc1-c1nccc(C(F)(F)F)n1. The maximum atomic E-state index is 12.8. The lowest BCUT2D eigenvalue weighted by Gasteiger charge is -2.10. The van der Waals surface area contributed by atoms with E-state index in [1.165, 1.54) is 18.2 Å². The largest absolute Gasteiger partial charge is 0.507 e. The number of aromatic hydroxyl groups is 1. The first-order valence-electron chi connectivity index (χ1n) is 7.44. The molecule has 4 nitrogen and oxygen atoms in total. The molecule has 0 atom stereocenters. The molecule has 0 aliphatic carbocycles. The van der Waals surface area contributed by atoms with Crippen LogP contribution in [0.4, 0.5) is 13.2 Å². The molecule has 1 N–H and O–H groups in total. The fourth-order valence-electron chi connectivity index (χ4n) is 2.18. The van der Waals surface area contributed by atoms with E-state index in [0.29, 0.717) is 10.8 Å². The van der Waals surface area contributed by atoms with Crippen LogP contribution < -0.4 is 4.74 Å². The Morgan fingerprint density at radius 2 is 1.77 bits per heavy atom. The second kappa shape index (κ2) is 7.21. The Morgan fingerprint density at radius 1 is 1.04 bits per heavy atom. The molecule has 0 saturated carbocycles. The predicted octanol–water partition coefficient (Wildman–Crippen LogP) is 5.10. The average Bonchev–Trinajstić information content (AvgIpc) is 2.61. The van der Waals surface area contributed by atoms with E-state index >= 15 is 0 Å². The van der Waals surface area contributed by atoms with Gasteiger partial charge in [0, 0.05) is 17.3 Å². The highest BCUT2D eigenvalue weighted by atomic mass is 35.5. The maximum Gasteiger partial charge on any atom is 0.433 e. The molecule has 1 aromatic heterocycles. The summed E-state index contributed by atoms with van der Waals surface area (Å²) in [5.41, 5.74) is -0.126. The molecule has 0 radical (unpaired) electrons. The number of alkyl halides is 3. The number of halogens is 4. The molecular weight excluding hydrogens is 369 g/mol. The number of hydrogen-bond donors (Lipinski definition) is 1. The summed E-state index contributed by atoms with van der Waals surface area (Å²) in [4.78, 5) is 7.25. The van der Waals surface area contributed by atoms with Gasteiger partial charge in [-0.15, -0.1) is 0 Å². The summed E-state index contributed by atoms with van der Waals surface area (Å²) in [6, 6.07) is 12.0. The van der Waals surface area contributed by atoms with Crippen LogP contribution in [0.15, 0.2) is 54.7 Å². The minimum absolute atomic E-state index is 0.0787. The van der Waals surface area contributed by atoms with Crippen LogP contribution in [-0.4, -0.2) is 15.1 Å². The van der Waals surface area contributed by atoms with Gasteiger partial charge < -0.3 is 9.84 Å². The highest BCUT2D eigenvalue weighted by molar-refractivity contribution is 6.30. The zero-order chi connectivity index (χ0) is 18.7. The van der Waals surface area contributed by atoms with Crippen LogP contribution in [-0.2, 0) is 12.8 Å². The molecule has 0 aliphatic heterocycles. The maximum absolute atomic E-state index is 12.8. The number of nitrogens with zero attached hydrogens (tertiary/aromatic N) is 2. The molecule has 3 rings (SSSR count). The third-order valence-electron chi connectivity index (χ3n) is 3.47. The molecule has 2 aromatic carbocycles. The molecule has 0 bridgehead atoms. The van der Waals surface area contributed by atoms with Gasteiger partial charge in [0.15, 0.2) is 5.82 Å². The van der Waals surface area contributed by atoms with Gasteiger partial charge in [0.1, 0.15) is 23.8 Å². The van der Waals surface area contributed by atoms with Crippen molar-refractivity contribution in [3.8, 4) is 22.9 Å². The van der Waals surface area contributed by atoms with E-state index in [9.17, 15) is 18.3 Å². The molecule has 0 spiro atoms. The van der Waals surface area contributed by atoms with Gasteiger partial charge in [0.2, 0.25) is 0 Å². The van der Waals surface area contributed by atoms with E-state index in [1.807, 2.05) is 0 Å². The minimum Gasteiger partial charge on any atom is -0.507 e. The number of benzene rings is 2. The van der Waals surface area contributed by atoms with Gasteiger partial charge in [-0.3, -0.25) is 0 Å². The Morgan fingerprint density at radius 3 is 2.42 bits per heavy atom. The molecule has 3 aromatic rings. The molecule has 8 heteroatoms. The van der Waals surface area contributed by atoms with Crippen molar-refractivity contribution in [1.82, 2.24) is 9.97 Å². The van der Waals surface area contributed by atoms with E-state index in [0.717, 1.165) is 17.8 Å². The van der Waals surface area contributed by atoms with Crippen molar-refractivity contribution < 1.29 is 23.0 Å². The second-order valence-corrected chi connectivity index (χ2v) is 5.79. The number of aromatic nitrogens is 2. The summed E-state index contributed by atoms with van der Waals surface area (Å²) >= 11 is 5.81. The Kier molecular flexibility index (Phi) is 4.99. The summed E-state index contributed by atoms with van der Waals surface area (Å²) in [5.74, 6) is -0.146. The average molecular weight is 381 g/mol. The number of phenols is 1. The number of hydrogen-bond acceptors (Lipinski definition) is 4. The van der Waals surface area contributed by atoms with Crippen LogP contribution in [0.25, 0.3) is 11.4 Å². The third kappa shape index (κ3) is 4.23. The van der Waals surface area contributed by atoms with E-state index in [1.54, 1.807) is 24.3 Å². The summed E-state index contributed by atoms with van der Waals surface area (Å²) in [7, 11) is 0. The number of phenolic OH excluding ortho intramolecular Hbond substituents is 1. The van der Waals surface area contributed by atoms with E-state index in [-0.39, 0.29) is 23.7 Å². The fraction of sp³-hybridized carbons (Fsp3) is 0.111. The molecule has 0 unspecified atom stereocenters. The first kappa shape index (κ1) is 18.0. The van der Waals surface area contributed by atoms with Gasteiger partial charge in [0.25, 0.3) is 0 Å². The van der Waals surface area contributed by atoms with Crippen molar-refractivity contribution in [2.75, 3.05) is 0 Å². The third-order valence-corrected chi connectivity index (χ3v) is 3.73. The van der Waals surface area contributed by atoms with Gasteiger partial charge in [-0.25, -0.2) is 9.97 Å². The molecule has 0 aliphatic rings. The molecule has 134 valence electrons. The van der Waals surface area contributed by atoms with Gasteiger partial charge >= 0.3 is 6.18 Å². The smallest absolute Gasteiger partial charge is 0.433 e. The predicted molar refractivity (Wildman–Crippen MR) is 89.9 cm³/mol. The van der Waals surface area contributed by atoms with Crippen molar-refractivity contribution in [3.63, 3.8) is 0 Å². The first-order valence-corrected chi connectivity index (χ1v) is 7.81. The van der Waals surface area contributed by atoms with E-state index in [2.05, 4.69) is 9.97 Å². The molecule has 26 heavy (non-hydrogen) atoms. The summed E-state index contributed by atoms with van der Waals surface area (Å²) in [6.07, 6.45) is -3.59. The molecule has 0 saturated heterocycles. The van der Waals surface area contributed by atoms with Crippen LogP contribution in [0, 0.1) is 0 Å². The fourth-order valence-corrected chi connectivity index (χ4v) is 2.31. The number of rotatable bonds is 4. The van der Waals surface area contributed by atoms with Crippen LogP contribution in [0.3, 0.4) is 0 Å². The highest BCUT2D eigenvalue weighted by Crippen LogP contribution is 2.33. The number of ether oxygens (including phenoxy) is 1. The topological polar surface area (TPSA) is 55.2 Å². The normalized spacial score (nSPS) is 11.4. The van der Waals surface area contributed by atoms with Crippen LogP contribution >= 0.6 is 11.6 Å². The van der Waals surface area contributed by atoms with Crippen LogP contribution in [0.5, 0.6) is 11.5 Å². The standard InChI is InChI=1S/C18H12ClF3N2O2/c19-12-3-1-11(2-4-12)10-26-13-5-6-14(15(25)9-13)17-23-8-7-16(24-17)18(20,21)22/h1-9,25H,10H2. The van der Waals surface area contributed by atoms with E-state index in [4.69, 9.17) is 16.3 Å². The Labute approximate surface area is 151 Å². The summed E-state index contributed by atoms with van der Waals surface area (Å²) in [5, 5.41) is 10.7. The summed E-state index contributed by atoms with van der Waals surface area (Å²) < 4.78 is 43.8. The van der Waals surface area contributed by atoms with Crippen molar-refractivity contribution in [2.45, 2.75) is 12.8 Å². The van der Waals surface area contributed by atoms with E-state index < -0.39 is 11.9 Å². The van der Waals surface area contributed by atoms with Crippen molar-refractivity contribution in [3.05, 3.63) is 71.0 Å². The molecular formula is C18H12ClF3N2O2. The summed E-state index contributed by atoms with van der Waals surface area (Å²) in [6.45, 7) is 0.246. The molecule has 0 fully saturated rings. The molecule has 1 heterocycles. The lowest BCUT2D eigenvalue weighted by atomic mass is 10.1. The lowest BCUT2D eigenvalue weighted by Crippen LogP contribution is -2.09. The van der Waals surface area contributed by atoms with Gasteiger partial charge in [-0.05, 0) is 35.9 Å². The Bertz CT molecular complexity index is 915. The first-order chi connectivity index (χ1) is 12.3. The quantitative estimate of drug-likeness (QED) is 0.684. The highest BCUT2D eigenvalue weighted by Gasteiger charge is 2.33. The van der Waals surface area contributed by atoms with Crippen molar-refractivity contribution in [2.24, 2.45) is 0 Å². The Hall–Kier alpha value is -2.80. The second-order valence-electron chi connectivity index (χ2n) is 5.36. The van der Waals surface area contributed by atoms with Crippen LogP contribution in [0.1, 0.15) is 11.3 Å². The monoisotopic (exact) mass is 380 g/mol. The zero-order valence-corrected chi connectivity index (χ0v) is 13.9.